The normalized spacial score (nSPS) is 17.7. The molecule has 0 spiro atoms. The van der Waals surface area contributed by atoms with Gasteiger partial charge in [-0.1, -0.05) is 0 Å². The minimum atomic E-state index is -4.45. The van der Waals surface area contributed by atoms with Crippen LogP contribution in [0.1, 0.15) is 18.5 Å². The maximum absolute atomic E-state index is 12.7. The molecule has 0 aliphatic carbocycles. The highest BCUT2D eigenvalue weighted by molar-refractivity contribution is 7.88. The third-order valence-corrected chi connectivity index (χ3v) is 5.38. The molecule has 5 nitrogen and oxygen atoms in total. The van der Waals surface area contributed by atoms with Gasteiger partial charge in [0.25, 0.3) is 0 Å². The number of alkyl halides is 3. The Morgan fingerprint density at radius 3 is 2.48 bits per heavy atom. The van der Waals surface area contributed by atoms with Gasteiger partial charge in [-0.05, 0) is 30.9 Å². The van der Waals surface area contributed by atoms with E-state index in [1.54, 1.807) is 13.1 Å². The van der Waals surface area contributed by atoms with E-state index in [0.29, 0.717) is 25.3 Å². The van der Waals surface area contributed by atoms with E-state index in [9.17, 15) is 21.6 Å². The number of pyridine rings is 1. The number of anilines is 1. The Labute approximate surface area is 134 Å². The molecule has 2 rings (SSSR count). The molecule has 130 valence electrons. The van der Waals surface area contributed by atoms with Crippen molar-refractivity contribution in [3.8, 4) is 0 Å². The van der Waals surface area contributed by atoms with Crippen molar-refractivity contribution >= 4 is 15.7 Å². The SMILES string of the molecule is CN(CC1CCN(c2ccnc(C(F)(F)F)c2)CC1)S(C)(=O)=O. The Morgan fingerprint density at radius 2 is 1.96 bits per heavy atom. The van der Waals surface area contributed by atoms with Crippen LogP contribution in [0.5, 0.6) is 0 Å². The van der Waals surface area contributed by atoms with E-state index in [1.165, 1.54) is 10.5 Å². The zero-order valence-corrected chi connectivity index (χ0v) is 13.9. The van der Waals surface area contributed by atoms with Gasteiger partial charge in [0.2, 0.25) is 10.0 Å². The van der Waals surface area contributed by atoms with Gasteiger partial charge in [-0.2, -0.15) is 13.2 Å². The fraction of sp³-hybridized carbons (Fsp3) is 0.643. The molecule has 1 aliphatic rings. The maximum Gasteiger partial charge on any atom is 0.433 e. The molecule has 1 saturated heterocycles. The Balaban J connectivity index is 1.97. The van der Waals surface area contributed by atoms with Gasteiger partial charge in [-0.25, -0.2) is 12.7 Å². The minimum absolute atomic E-state index is 0.217. The van der Waals surface area contributed by atoms with Gasteiger partial charge in [0.1, 0.15) is 5.69 Å². The summed E-state index contributed by atoms with van der Waals surface area (Å²) in [5, 5.41) is 0. The molecule has 23 heavy (non-hydrogen) atoms. The Morgan fingerprint density at radius 1 is 1.35 bits per heavy atom. The van der Waals surface area contributed by atoms with E-state index in [1.807, 2.05) is 4.90 Å². The van der Waals surface area contributed by atoms with E-state index in [4.69, 9.17) is 0 Å². The molecular weight excluding hydrogens is 331 g/mol. The topological polar surface area (TPSA) is 53.5 Å². The highest BCUT2D eigenvalue weighted by Gasteiger charge is 2.33. The molecule has 0 unspecified atom stereocenters. The summed E-state index contributed by atoms with van der Waals surface area (Å²) in [4.78, 5) is 5.24. The first kappa shape index (κ1) is 18.0. The van der Waals surface area contributed by atoms with Crippen LogP contribution < -0.4 is 4.90 Å². The standard InChI is InChI=1S/C14H20F3N3O2S/c1-19(23(2,21)22)10-11-4-7-20(8-5-11)12-3-6-18-13(9-12)14(15,16)17/h3,6,9,11H,4-5,7-8,10H2,1-2H3. The first-order valence-corrected chi connectivity index (χ1v) is 9.11. The average molecular weight is 351 g/mol. The van der Waals surface area contributed by atoms with E-state index in [-0.39, 0.29) is 5.92 Å². The molecule has 1 aromatic rings. The maximum atomic E-state index is 12.7. The average Bonchev–Trinajstić information content (AvgIpc) is 2.46. The van der Waals surface area contributed by atoms with Crippen molar-refractivity contribution in [3.63, 3.8) is 0 Å². The highest BCUT2D eigenvalue weighted by atomic mass is 32.2. The van der Waals surface area contributed by atoms with Crippen LogP contribution in [-0.2, 0) is 16.2 Å². The molecule has 1 aromatic heterocycles. The lowest BCUT2D eigenvalue weighted by Crippen LogP contribution is -2.39. The summed E-state index contributed by atoms with van der Waals surface area (Å²) in [6.07, 6.45) is -0.640. The molecule has 0 radical (unpaired) electrons. The number of hydrogen-bond acceptors (Lipinski definition) is 4. The number of aromatic nitrogens is 1. The van der Waals surface area contributed by atoms with Gasteiger partial charge in [-0.3, -0.25) is 4.98 Å². The van der Waals surface area contributed by atoms with Crippen molar-refractivity contribution in [3.05, 3.63) is 24.0 Å². The van der Waals surface area contributed by atoms with Crippen LogP contribution in [0.25, 0.3) is 0 Å². The molecule has 9 heteroatoms. The van der Waals surface area contributed by atoms with E-state index in [0.717, 1.165) is 25.2 Å². The molecule has 0 bridgehead atoms. The van der Waals surface area contributed by atoms with Gasteiger partial charge >= 0.3 is 6.18 Å². The lowest BCUT2D eigenvalue weighted by atomic mass is 9.96. The van der Waals surface area contributed by atoms with Crippen molar-refractivity contribution in [2.24, 2.45) is 5.92 Å². The van der Waals surface area contributed by atoms with Gasteiger partial charge in [0.15, 0.2) is 0 Å². The van der Waals surface area contributed by atoms with Crippen LogP contribution in [0.15, 0.2) is 18.3 Å². The number of sulfonamides is 1. The largest absolute Gasteiger partial charge is 0.433 e. The molecule has 2 heterocycles. The predicted molar refractivity (Wildman–Crippen MR) is 81.6 cm³/mol. The van der Waals surface area contributed by atoms with Gasteiger partial charge in [0, 0.05) is 38.6 Å². The third-order valence-electron chi connectivity index (χ3n) is 4.10. The summed E-state index contributed by atoms with van der Waals surface area (Å²) >= 11 is 0. The van der Waals surface area contributed by atoms with Crippen LogP contribution in [-0.4, -0.2) is 50.6 Å². The van der Waals surface area contributed by atoms with Crippen molar-refractivity contribution in [2.75, 3.05) is 37.8 Å². The zero-order valence-electron chi connectivity index (χ0n) is 13.0. The van der Waals surface area contributed by atoms with Crippen LogP contribution in [0.4, 0.5) is 18.9 Å². The number of nitrogens with zero attached hydrogens (tertiary/aromatic N) is 3. The highest BCUT2D eigenvalue weighted by Crippen LogP contribution is 2.31. The Kier molecular flexibility index (Phi) is 5.20. The number of piperidine rings is 1. The van der Waals surface area contributed by atoms with E-state index < -0.39 is 21.9 Å². The fourth-order valence-electron chi connectivity index (χ4n) is 2.64. The lowest BCUT2D eigenvalue weighted by Gasteiger charge is -2.35. The Hall–Kier alpha value is -1.35. The number of rotatable bonds is 4. The summed E-state index contributed by atoms with van der Waals surface area (Å²) in [6, 6.07) is 2.63. The van der Waals surface area contributed by atoms with Crippen molar-refractivity contribution in [2.45, 2.75) is 19.0 Å². The predicted octanol–water partition coefficient (Wildman–Crippen LogP) is 2.21. The summed E-state index contributed by atoms with van der Waals surface area (Å²) in [6.45, 7) is 1.64. The van der Waals surface area contributed by atoms with Crippen molar-refractivity contribution in [1.29, 1.82) is 0 Å². The minimum Gasteiger partial charge on any atom is -0.371 e. The van der Waals surface area contributed by atoms with Crippen LogP contribution >= 0.6 is 0 Å². The number of halogens is 3. The van der Waals surface area contributed by atoms with E-state index >= 15 is 0 Å². The molecule has 0 saturated carbocycles. The van der Waals surface area contributed by atoms with Crippen molar-refractivity contribution in [1.82, 2.24) is 9.29 Å². The van der Waals surface area contributed by atoms with Gasteiger partial charge in [0.05, 0.1) is 6.26 Å². The monoisotopic (exact) mass is 351 g/mol. The number of hydrogen-bond donors (Lipinski definition) is 0. The lowest BCUT2D eigenvalue weighted by molar-refractivity contribution is -0.141. The van der Waals surface area contributed by atoms with Gasteiger partial charge < -0.3 is 4.90 Å². The van der Waals surface area contributed by atoms with Gasteiger partial charge in [-0.15, -0.1) is 0 Å². The molecule has 0 atom stereocenters. The molecule has 0 aromatic carbocycles. The fourth-order valence-corrected chi connectivity index (χ4v) is 3.13. The quantitative estimate of drug-likeness (QED) is 0.835. The second-order valence-corrected chi connectivity index (χ2v) is 7.96. The van der Waals surface area contributed by atoms with Crippen LogP contribution in [0, 0.1) is 5.92 Å². The molecule has 0 amide bonds. The zero-order chi connectivity index (χ0) is 17.3. The second-order valence-electron chi connectivity index (χ2n) is 5.87. The first-order chi connectivity index (χ1) is 10.6. The first-order valence-electron chi connectivity index (χ1n) is 7.27. The molecule has 1 fully saturated rings. The summed E-state index contributed by atoms with van der Waals surface area (Å²) < 4.78 is 62.3. The van der Waals surface area contributed by atoms with Crippen LogP contribution in [0.3, 0.4) is 0 Å². The third kappa shape index (κ3) is 4.81. The molecular formula is C14H20F3N3O2S. The molecule has 1 aliphatic heterocycles. The summed E-state index contributed by atoms with van der Waals surface area (Å²) in [5.74, 6) is 0.217. The Bertz CT molecular complexity index is 641. The second kappa shape index (κ2) is 6.64. The van der Waals surface area contributed by atoms with E-state index in [2.05, 4.69) is 4.98 Å². The summed E-state index contributed by atoms with van der Waals surface area (Å²) in [7, 11) is -1.66. The van der Waals surface area contributed by atoms with Crippen molar-refractivity contribution < 1.29 is 21.6 Å². The molecule has 0 N–H and O–H groups in total. The van der Waals surface area contributed by atoms with Crippen LogP contribution in [0.2, 0.25) is 0 Å². The summed E-state index contributed by atoms with van der Waals surface area (Å²) in [5.41, 5.74) is -0.392. The smallest absolute Gasteiger partial charge is 0.371 e.